The summed E-state index contributed by atoms with van der Waals surface area (Å²) < 4.78 is 0. The SMILES string of the molecule is O=C(Nc1ccc(Cl)c(Cl)c1)Nc1nnc(C2CC2)s1. The molecule has 3 rings (SSSR count). The number of nitrogens with one attached hydrogen (secondary N) is 2. The molecule has 0 spiro atoms. The van der Waals surface area contributed by atoms with E-state index in [-0.39, 0.29) is 6.03 Å². The van der Waals surface area contributed by atoms with Crippen LogP contribution in [0.1, 0.15) is 23.8 Å². The number of nitrogens with zero attached hydrogens (tertiary/aromatic N) is 2. The molecule has 0 radical (unpaired) electrons. The van der Waals surface area contributed by atoms with Crippen LogP contribution in [0.15, 0.2) is 18.2 Å². The van der Waals surface area contributed by atoms with Gasteiger partial charge in [0.15, 0.2) is 0 Å². The van der Waals surface area contributed by atoms with Gasteiger partial charge in [-0.25, -0.2) is 4.79 Å². The molecule has 2 aromatic rings. The summed E-state index contributed by atoms with van der Waals surface area (Å²) in [4.78, 5) is 11.8. The molecule has 1 aliphatic carbocycles. The largest absolute Gasteiger partial charge is 0.325 e. The molecule has 1 aromatic heterocycles. The third kappa shape index (κ3) is 3.20. The first-order valence-electron chi connectivity index (χ1n) is 5.98. The second-order valence-corrected chi connectivity index (χ2v) is 6.25. The standard InChI is InChI=1S/C12H10Cl2N4OS/c13-8-4-3-7(5-9(8)14)15-11(19)16-12-18-17-10(20-12)6-1-2-6/h3-6H,1-2H2,(H2,15,16,18,19). The number of benzene rings is 1. The molecule has 0 bridgehead atoms. The van der Waals surface area contributed by atoms with E-state index in [9.17, 15) is 4.79 Å². The second kappa shape index (κ2) is 5.55. The Bertz CT molecular complexity index is 657. The molecule has 5 nitrogen and oxygen atoms in total. The molecule has 0 aliphatic heterocycles. The summed E-state index contributed by atoms with van der Waals surface area (Å²) in [7, 11) is 0. The summed E-state index contributed by atoms with van der Waals surface area (Å²) in [6, 6.07) is 4.49. The summed E-state index contributed by atoms with van der Waals surface area (Å²) in [6.45, 7) is 0. The number of carbonyl (C=O) groups excluding carboxylic acids is 1. The smallest absolute Gasteiger partial charge is 0.308 e. The molecule has 104 valence electrons. The van der Waals surface area contributed by atoms with Crippen molar-refractivity contribution in [2.24, 2.45) is 0 Å². The average molecular weight is 329 g/mol. The van der Waals surface area contributed by atoms with Crippen LogP contribution in [0.25, 0.3) is 0 Å². The maximum absolute atomic E-state index is 11.8. The third-order valence-electron chi connectivity index (χ3n) is 2.77. The van der Waals surface area contributed by atoms with Crippen molar-refractivity contribution in [3.05, 3.63) is 33.3 Å². The van der Waals surface area contributed by atoms with Crippen LogP contribution in [0.5, 0.6) is 0 Å². The molecule has 0 atom stereocenters. The lowest BCUT2D eigenvalue weighted by atomic mass is 10.3. The number of amides is 2. The van der Waals surface area contributed by atoms with Gasteiger partial charge in [0.1, 0.15) is 5.01 Å². The van der Waals surface area contributed by atoms with E-state index in [0.717, 1.165) is 17.8 Å². The Hall–Kier alpha value is -1.37. The maximum atomic E-state index is 11.8. The Morgan fingerprint density at radius 2 is 2.00 bits per heavy atom. The highest BCUT2D eigenvalue weighted by molar-refractivity contribution is 7.15. The zero-order valence-corrected chi connectivity index (χ0v) is 12.5. The number of aromatic nitrogens is 2. The minimum absolute atomic E-state index is 0.386. The first kappa shape index (κ1) is 13.6. The molecule has 1 aliphatic rings. The van der Waals surface area contributed by atoms with Crippen molar-refractivity contribution in [2.75, 3.05) is 10.6 Å². The zero-order valence-electron chi connectivity index (χ0n) is 10.2. The van der Waals surface area contributed by atoms with Gasteiger partial charge in [-0.3, -0.25) is 5.32 Å². The minimum Gasteiger partial charge on any atom is -0.308 e. The fourth-order valence-corrected chi connectivity index (χ4v) is 2.82. The summed E-state index contributed by atoms with van der Waals surface area (Å²) in [5.41, 5.74) is 0.559. The Morgan fingerprint density at radius 3 is 2.70 bits per heavy atom. The summed E-state index contributed by atoms with van der Waals surface area (Å²) in [6.07, 6.45) is 2.31. The van der Waals surface area contributed by atoms with Gasteiger partial charge in [-0.15, -0.1) is 10.2 Å². The van der Waals surface area contributed by atoms with Crippen LogP contribution in [0.4, 0.5) is 15.6 Å². The molecular formula is C12H10Cl2N4OS. The van der Waals surface area contributed by atoms with E-state index in [2.05, 4.69) is 20.8 Å². The van der Waals surface area contributed by atoms with Crippen molar-refractivity contribution in [1.29, 1.82) is 0 Å². The molecule has 1 saturated carbocycles. The fourth-order valence-electron chi connectivity index (χ4n) is 1.61. The number of rotatable bonds is 3. The van der Waals surface area contributed by atoms with Gasteiger partial charge in [0.05, 0.1) is 10.0 Å². The molecule has 1 fully saturated rings. The molecule has 8 heteroatoms. The van der Waals surface area contributed by atoms with Gasteiger partial charge < -0.3 is 5.32 Å². The van der Waals surface area contributed by atoms with E-state index in [1.807, 2.05) is 0 Å². The number of hydrogen-bond donors (Lipinski definition) is 2. The molecule has 1 aromatic carbocycles. The monoisotopic (exact) mass is 328 g/mol. The van der Waals surface area contributed by atoms with Crippen LogP contribution >= 0.6 is 34.5 Å². The molecular weight excluding hydrogens is 319 g/mol. The molecule has 2 N–H and O–H groups in total. The van der Waals surface area contributed by atoms with E-state index in [4.69, 9.17) is 23.2 Å². The second-order valence-electron chi connectivity index (χ2n) is 4.43. The Labute approximate surface area is 129 Å². The average Bonchev–Trinajstić information content (AvgIpc) is 3.15. The highest BCUT2D eigenvalue weighted by Crippen LogP contribution is 2.42. The predicted molar refractivity (Wildman–Crippen MR) is 81.0 cm³/mol. The van der Waals surface area contributed by atoms with Gasteiger partial charge in [-0.2, -0.15) is 0 Å². The third-order valence-corrected chi connectivity index (χ3v) is 4.51. The maximum Gasteiger partial charge on any atom is 0.325 e. The van der Waals surface area contributed by atoms with E-state index in [1.54, 1.807) is 18.2 Å². The first-order chi connectivity index (χ1) is 9.61. The topological polar surface area (TPSA) is 66.9 Å². The summed E-state index contributed by atoms with van der Waals surface area (Å²) in [5, 5.41) is 15.6. The molecule has 2 amide bonds. The van der Waals surface area contributed by atoms with Gasteiger partial charge in [-0.05, 0) is 31.0 Å². The van der Waals surface area contributed by atoms with Crippen LogP contribution in [0, 0.1) is 0 Å². The van der Waals surface area contributed by atoms with Crippen molar-refractivity contribution < 1.29 is 4.79 Å². The van der Waals surface area contributed by atoms with Gasteiger partial charge in [0.2, 0.25) is 5.13 Å². The van der Waals surface area contributed by atoms with Crippen molar-refractivity contribution in [2.45, 2.75) is 18.8 Å². The quantitative estimate of drug-likeness (QED) is 0.879. The molecule has 1 heterocycles. The van der Waals surface area contributed by atoms with Crippen molar-refractivity contribution in [3.8, 4) is 0 Å². The van der Waals surface area contributed by atoms with Gasteiger partial charge in [-0.1, -0.05) is 34.5 Å². The van der Waals surface area contributed by atoms with Crippen molar-refractivity contribution in [1.82, 2.24) is 10.2 Å². The highest BCUT2D eigenvalue weighted by atomic mass is 35.5. The lowest BCUT2D eigenvalue weighted by Gasteiger charge is -2.05. The van der Waals surface area contributed by atoms with Crippen molar-refractivity contribution in [3.63, 3.8) is 0 Å². The van der Waals surface area contributed by atoms with Gasteiger partial charge in [0, 0.05) is 11.6 Å². The Kier molecular flexibility index (Phi) is 3.78. The zero-order chi connectivity index (χ0) is 14.1. The van der Waals surface area contributed by atoms with E-state index >= 15 is 0 Å². The van der Waals surface area contributed by atoms with E-state index < -0.39 is 0 Å². The van der Waals surface area contributed by atoms with Crippen LogP contribution in [0.2, 0.25) is 10.0 Å². The van der Waals surface area contributed by atoms with Crippen LogP contribution < -0.4 is 10.6 Å². The fraction of sp³-hybridized carbons (Fsp3) is 0.250. The highest BCUT2D eigenvalue weighted by Gasteiger charge is 2.27. The predicted octanol–water partition coefficient (Wildman–Crippen LogP) is 4.37. The number of anilines is 2. The molecule has 0 unspecified atom stereocenters. The van der Waals surface area contributed by atoms with Crippen LogP contribution in [-0.4, -0.2) is 16.2 Å². The lowest BCUT2D eigenvalue weighted by Crippen LogP contribution is -2.19. The first-order valence-corrected chi connectivity index (χ1v) is 7.55. The van der Waals surface area contributed by atoms with Crippen LogP contribution in [0.3, 0.4) is 0 Å². The van der Waals surface area contributed by atoms with E-state index in [1.165, 1.54) is 11.3 Å². The normalized spacial score (nSPS) is 14.1. The van der Waals surface area contributed by atoms with E-state index in [0.29, 0.717) is 26.8 Å². The lowest BCUT2D eigenvalue weighted by molar-refractivity contribution is 0.262. The van der Waals surface area contributed by atoms with Gasteiger partial charge in [0.25, 0.3) is 0 Å². The Morgan fingerprint density at radius 1 is 1.20 bits per heavy atom. The number of carbonyl (C=O) groups is 1. The summed E-state index contributed by atoms with van der Waals surface area (Å²) in [5.74, 6) is 0.529. The summed E-state index contributed by atoms with van der Waals surface area (Å²) >= 11 is 13.1. The molecule has 20 heavy (non-hydrogen) atoms. The minimum atomic E-state index is -0.387. The van der Waals surface area contributed by atoms with Crippen LogP contribution in [-0.2, 0) is 0 Å². The number of halogens is 2. The number of hydrogen-bond acceptors (Lipinski definition) is 4. The number of urea groups is 1. The van der Waals surface area contributed by atoms with Crippen molar-refractivity contribution >= 4 is 51.4 Å². The molecule has 0 saturated heterocycles. The van der Waals surface area contributed by atoms with Gasteiger partial charge >= 0.3 is 6.03 Å². The Balaban J connectivity index is 1.61.